The molecule has 0 amide bonds. The van der Waals surface area contributed by atoms with Gasteiger partial charge in [-0.1, -0.05) is 30.3 Å². The van der Waals surface area contributed by atoms with E-state index in [9.17, 15) is 9.59 Å². The minimum absolute atomic E-state index is 0.0579. The van der Waals surface area contributed by atoms with Crippen molar-refractivity contribution in [3.05, 3.63) is 42.2 Å². The monoisotopic (exact) mass is 316 g/mol. The zero-order valence-corrected chi connectivity index (χ0v) is 13.1. The highest BCUT2D eigenvalue weighted by Crippen LogP contribution is 2.37. The standard InChI is InChI=1S/C18H20O5/c1-21-17(19)11-22-13-7-8-14-16(9-13)23-10-15(18(14)20)12-5-3-2-4-6-12/h2-6,10,13-14,16H,7-9,11H2,1H3. The number of ether oxygens (including phenoxy) is 3. The first-order valence-corrected chi connectivity index (χ1v) is 7.82. The van der Waals surface area contributed by atoms with Crippen LogP contribution in [-0.2, 0) is 23.8 Å². The van der Waals surface area contributed by atoms with Gasteiger partial charge in [-0.2, -0.15) is 0 Å². The van der Waals surface area contributed by atoms with Crippen LogP contribution in [0.3, 0.4) is 0 Å². The maximum atomic E-state index is 12.7. The third-order valence-electron chi connectivity index (χ3n) is 4.46. The van der Waals surface area contributed by atoms with Crippen molar-refractivity contribution in [2.24, 2.45) is 5.92 Å². The summed E-state index contributed by atoms with van der Waals surface area (Å²) >= 11 is 0. The van der Waals surface area contributed by atoms with Crippen molar-refractivity contribution in [2.45, 2.75) is 31.5 Å². The Balaban J connectivity index is 1.65. The zero-order valence-electron chi connectivity index (χ0n) is 13.1. The summed E-state index contributed by atoms with van der Waals surface area (Å²) in [6.07, 6.45) is 3.39. The smallest absolute Gasteiger partial charge is 0.331 e. The average Bonchev–Trinajstić information content (AvgIpc) is 2.60. The summed E-state index contributed by atoms with van der Waals surface area (Å²) in [5.41, 5.74) is 1.53. The van der Waals surface area contributed by atoms with Crippen LogP contribution in [0.5, 0.6) is 0 Å². The third kappa shape index (κ3) is 3.45. The molecule has 0 saturated heterocycles. The maximum absolute atomic E-state index is 12.7. The van der Waals surface area contributed by atoms with Gasteiger partial charge in [0.05, 0.1) is 31.0 Å². The van der Waals surface area contributed by atoms with Crippen LogP contribution in [0, 0.1) is 5.92 Å². The molecule has 2 aliphatic rings. The molecule has 1 heterocycles. The molecule has 1 aromatic rings. The molecular formula is C18H20O5. The van der Waals surface area contributed by atoms with Gasteiger partial charge in [-0.05, 0) is 18.4 Å². The second-order valence-corrected chi connectivity index (χ2v) is 5.87. The van der Waals surface area contributed by atoms with Crippen LogP contribution < -0.4 is 0 Å². The van der Waals surface area contributed by atoms with E-state index in [1.807, 2.05) is 30.3 Å². The van der Waals surface area contributed by atoms with Gasteiger partial charge in [0.2, 0.25) is 0 Å². The minimum Gasteiger partial charge on any atom is -0.496 e. The van der Waals surface area contributed by atoms with Crippen LogP contribution in [0.2, 0.25) is 0 Å². The topological polar surface area (TPSA) is 61.8 Å². The summed E-state index contributed by atoms with van der Waals surface area (Å²) in [7, 11) is 1.33. The Kier molecular flexibility index (Phi) is 4.76. The molecule has 3 unspecified atom stereocenters. The molecule has 1 saturated carbocycles. The molecule has 0 N–H and O–H groups in total. The Hall–Kier alpha value is -2.14. The predicted octanol–water partition coefficient (Wildman–Crippen LogP) is 2.35. The number of fused-ring (bicyclic) bond motifs is 1. The van der Waals surface area contributed by atoms with Crippen molar-refractivity contribution in [1.82, 2.24) is 0 Å². The molecular weight excluding hydrogens is 296 g/mol. The Labute approximate surface area is 135 Å². The molecule has 5 heteroatoms. The number of ketones is 1. The first-order chi connectivity index (χ1) is 11.2. The predicted molar refractivity (Wildman–Crippen MR) is 83.4 cm³/mol. The lowest BCUT2D eigenvalue weighted by atomic mass is 9.78. The number of benzene rings is 1. The number of carbonyl (C=O) groups excluding carboxylic acids is 2. The van der Waals surface area contributed by atoms with Gasteiger partial charge in [-0.3, -0.25) is 4.79 Å². The lowest BCUT2D eigenvalue weighted by Crippen LogP contribution is -2.41. The van der Waals surface area contributed by atoms with Crippen molar-refractivity contribution < 1.29 is 23.8 Å². The van der Waals surface area contributed by atoms with Crippen LogP contribution in [0.1, 0.15) is 24.8 Å². The fraction of sp³-hybridized carbons (Fsp3) is 0.444. The van der Waals surface area contributed by atoms with Crippen LogP contribution in [-0.4, -0.2) is 37.7 Å². The SMILES string of the molecule is COC(=O)COC1CCC2C(=O)C(c3ccccc3)=COC2C1. The second-order valence-electron chi connectivity index (χ2n) is 5.87. The maximum Gasteiger partial charge on any atom is 0.331 e. The van der Waals surface area contributed by atoms with E-state index >= 15 is 0 Å². The van der Waals surface area contributed by atoms with E-state index in [0.717, 1.165) is 12.0 Å². The molecule has 1 aliphatic carbocycles. The number of esters is 1. The van der Waals surface area contributed by atoms with Gasteiger partial charge >= 0.3 is 5.97 Å². The highest BCUT2D eigenvalue weighted by molar-refractivity contribution is 6.22. The van der Waals surface area contributed by atoms with Gasteiger partial charge in [0.1, 0.15) is 12.7 Å². The molecule has 0 bridgehead atoms. The van der Waals surface area contributed by atoms with E-state index in [1.165, 1.54) is 7.11 Å². The molecule has 5 nitrogen and oxygen atoms in total. The summed E-state index contributed by atoms with van der Waals surface area (Å²) < 4.78 is 15.9. The molecule has 1 fully saturated rings. The van der Waals surface area contributed by atoms with Crippen molar-refractivity contribution >= 4 is 17.3 Å². The molecule has 1 aromatic carbocycles. The van der Waals surface area contributed by atoms with Crippen molar-refractivity contribution in [3.63, 3.8) is 0 Å². The Bertz CT molecular complexity index is 607. The van der Waals surface area contributed by atoms with E-state index in [1.54, 1.807) is 6.26 Å². The molecule has 1 aliphatic heterocycles. The summed E-state index contributed by atoms with van der Waals surface area (Å²) in [5.74, 6) is -0.383. The van der Waals surface area contributed by atoms with E-state index < -0.39 is 0 Å². The summed E-state index contributed by atoms with van der Waals surface area (Å²) in [6, 6.07) is 9.57. The first-order valence-electron chi connectivity index (χ1n) is 7.82. The van der Waals surface area contributed by atoms with Gasteiger partial charge < -0.3 is 14.2 Å². The van der Waals surface area contributed by atoms with Gasteiger partial charge in [-0.15, -0.1) is 0 Å². The van der Waals surface area contributed by atoms with Gasteiger partial charge in [-0.25, -0.2) is 4.79 Å². The summed E-state index contributed by atoms with van der Waals surface area (Å²) in [4.78, 5) is 23.9. The minimum atomic E-state index is -0.390. The van der Waals surface area contributed by atoms with Crippen molar-refractivity contribution in [3.8, 4) is 0 Å². The van der Waals surface area contributed by atoms with E-state index in [2.05, 4.69) is 4.74 Å². The molecule has 0 aromatic heterocycles. The van der Waals surface area contributed by atoms with Crippen LogP contribution >= 0.6 is 0 Å². The number of Topliss-reactive ketones (excluding diaryl/α,β-unsaturated/α-hetero) is 1. The van der Waals surface area contributed by atoms with Gasteiger partial charge in [0.15, 0.2) is 5.78 Å². The highest BCUT2D eigenvalue weighted by Gasteiger charge is 2.40. The number of carbonyl (C=O) groups is 2. The van der Waals surface area contributed by atoms with Crippen LogP contribution in [0.15, 0.2) is 36.6 Å². The molecule has 23 heavy (non-hydrogen) atoms. The van der Waals surface area contributed by atoms with Crippen molar-refractivity contribution in [2.75, 3.05) is 13.7 Å². The first kappa shape index (κ1) is 15.7. The molecule has 122 valence electrons. The van der Waals surface area contributed by atoms with E-state index in [4.69, 9.17) is 9.47 Å². The number of hydrogen-bond acceptors (Lipinski definition) is 5. The highest BCUT2D eigenvalue weighted by atomic mass is 16.6. The number of rotatable bonds is 4. The second kappa shape index (κ2) is 6.96. The molecule has 0 radical (unpaired) electrons. The Morgan fingerprint density at radius 1 is 1.26 bits per heavy atom. The quantitative estimate of drug-likeness (QED) is 0.798. The van der Waals surface area contributed by atoms with E-state index in [-0.39, 0.29) is 36.5 Å². The number of allylic oxidation sites excluding steroid dienone is 1. The average molecular weight is 316 g/mol. The van der Waals surface area contributed by atoms with Crippen molar-refractivity contribution in [1.29, 1.82) is 0 Å². The lowest BCUT2D eigenvalue weighted by Gasteiger charge is -2.37. The zero-order chi connectivity index (χ0) is 16.2. The Morgan fingerprint density at radius 3 is 2.78 bits per heavy atom. The number of methoxy groups -OCH3 is 1. The largest absolute Gasteiger partial charge is 0.496 e. The summed E-state index contributed by atoms with van der Waals surface area (Å²) in [5, 5.41) is 0. The fourth-order valence-corrected chi connectivity index (χ4v) is 3.18. The fourth-order valence-electron chi connectivity index (χ4n) is 3.18. The van der Waals surface area contributed by atoms with Crippen LogP contribution in [0.25, 0.3) is 5.57 Å². The number of hydrogen-bond donors (Lipinski definition) is 0. The van der Waals surface area contributed by atoms with Crippen LogP contribution in [0.4, 0.5) is 0 Å². The molecule has 0 spiro atoms. The van der Waals surface area contributed by atoms with Gasteiger partial charge in [0, 0.05) is 6.42 Å². The Morgan fingerprint density at radius 2 is 2.04 bits per heavy atom. The molecule has 3 rings (SSSR count). The molecule has 3 atom stereocenters. The lowest BCUT2D eigenvalue weighted by molar-refractivity contribution is -0.151. The van der Waals surface area contributed by atoms with E-state index in [0.29, 0.717) is 18.4 Å². The third-order valence-corrected chi connectivity index (χ3v) is 4.46. The normalized spacial score (nSPS) is 26.7. The summed E-state index contributed by atoms with van der Waals surface area (Å²) in [6.45, 7) is -0.0579. The van der Waals surface area contributed by atoms with Gasteiger partial charge in [0.25, 0.3) is 0 Å².